The molecule has 2 heteroatoms. The van der Waals surface area contributed by atoms with E-state index in [0.29, 0.717) is 5.69 Å². The summed E-state index contributed by atoms with van der Waals surface area (Å²) in [5, 5.41) is 0. The van der Waals surface area contributed by atoms with Crippen LogP contribution in [0.4, 0.5) is 11.4 Å². The van der Waals surface area contributed by atoms with Crippen molar-refractivity contribution in [2.24, 2.45) is 4.99 Å². The monoisotopic (exact) mass is 160 g/mol. The number of anilines is 1. The predicted molar refractivity (Wildman–Crippen MR) is 53.9 cm³/mol. The van der Waals surface area contributed by atoms with Crippen molar-refractivity contribution in [3.8, 4) is 0 Å². The molecule has 2 N–H and O–H groups in total. The van der Waals surface area contributed by atoms with Gasteiger partial charge < -0.3 is 5.73 Å². The van der Waals surface area contributed by atoms with Gasteiger partial charge in [0.2, 0.25) is 0 Å². The molecule has 0 atom stereocenters. The molecule has 0 heterocycles. The van der Waals surface area contributed by atoms with E-state index in [1.807, 2.05) is 25.1 Å². The Morgan fingerprint density at radius 3 is 2.83 bits per heavy atom. The summed E-state index contributed by atoms with van der Waals surface area (Å²) in [6.07, 6.45) is 3.27. The van der Waals surface area contributed by atoms with Crippen molar-refractivity contribution in [1.29, 1.82) is 0 Å². The first-order chi connectivity index (χ1) is 5.75. The number of rotatable bonds is 2. The molecular formula is C10H12N2. The summed E-state index contributed by atoms with van der Waals surface area (Å²) < 4.78 is 0. The van der Waals surface area contributed by atoms with Crippen molar-refractivity contribution in [2.45, 2.75) is 6.92 Å². The zero-order valence-electron chi connectivity index (χ0n) is 7.12. The first-order valence-corrected chi connectivity index (χ1v) is 3.76. The average Bonchev–Trinajstić information content (AvgIpc) is 2.04. The van der Waals surface area contributed by atoms with E-state index in [1.165, 1.54) is 0 Å². The third-order valence-corrected chi connectivity index (χ3v) is 1.58. The zero-order valence-corrected chi connectivity index (χ0v) is 7.12. The van der Waals surface area contributed by atoms with Gasteiger partial charge in [0.25, 0.3) is 0 Å². The van der Waals surface area contributed by atoms with Crippen LogP contribution in [0.3, 0.4) is 0 Å². The van der Waals surface area contributed by atoms with Crippen LogP contribution in [0.25, 0.3) is 0 Å². The summed E-state index contributed by atoms with van der Waals surface area (Å²) in [7, 11) is 0. The van der Waals surface area contributed by atoms with Crippen LogP contribution in [0, 0.1) is 6.92 Å². The molecule has 0 saturated carbocycles. The van der Waals surface area contributed by atoms with Crippen LogP contribution in [-0.4, -0.2) is 6.21 Å². The first-order valence-electron chi connectivity index (χ1n) is 3.76. The molecule has 0 aliphatic rings. The number of aliphatic imine (C=N–C) groups is 1. The molecule has 0 amide bonds. The minimum atomic E-state index is 0.702. The molecule has 2 nitrogen and oxygen atoms in total. The Balaban J connectivity index is 3.12. The number of nitrogen functional groups attached to an aromatic ring is 1. The summed E-state index contributed by atoms with van der Waals surface area (Å²) in [6.45, 7) is 5.52. The molecule has 12 heavy (non-hydrogen) atoms. The second-order valence-electron chi connectivity index (χ2n) is 2.53. The summed E-state index contributed by atoms with van der Waals surface area (Å²) in [4.78, 5) is 4.16. The van der Waals surface area contributed by atoms with E-state index in [1.54, 1.807) is 12.3 Å². The second kappa shape index (κ2) is 3.72. The first kappa shape index (κ1) is 8.53. The van der Waals surface area contributed by atoms with Crippen molar-refractivity contribution in [3.05, 3.63) is 36.4 Å². The summed E-state index contributed by atoms with van der Waals surface area (Å²) >= 11 is 0. The molecule has 62 valence electrons. The van der Waals surface area contributed by atoms with Crippen LogP contribution in [-0.2, 0) is 0 Å². The van der Waals surface area contributed by atoms with Gasteiger partial charge in [0, 0.05) is 6.21 Å². The third kappa shape index (κ3) is 1.72. The van der Waals surface area contributed by atoms with Crippen LogP contribution < -0.4 is 5.73 Å². The number of nitrogens with zero attached hydrogens (tertiary/aromatic N) is 1. The lowest BCUT2D eigenvalue weighted by Gasteiger charge is -2.01. The summed E-state index contributed by atoms with van der Waals surface area (Å²) in [5.74, 6) is 0. The number of para-hydroxylation sites is 1. The topological polar surface area (TPSA) is 38.4 Å². The Morgan fingerprint density at radius 2 is 2.25 bits per heavy atom. The molecule has 0 fully saturated rings. The van der Waals surface area contributed by atoms with Crippen LogP contribution in [0.5, 0.6) is 0 Å². The number of hydrogen-bond donors (Lipinski definition) is 1. The fraction of sp³-hybridized carbons (Fsp3) is 0.100. The van der Waals surface area contributed by atoms with Crippen molar-refractivity contribution in [1.82, 2.24) is 0 Å². The molecule has 1 aromatic carbocycles. The molecule has 1 aromatic rings. The second-order valence-corrected chi connectivity index (χ2v) is 2.53. The van der Waals surface area contributed by atoms with Crippen molar-refractivity contribution >= 4 is 17.6 Å². The van der Waals surface area contributed by atoms with Gasteiger partial charge >= 0.3 is 0 Å². The Labute approximate surface area is 72.4 Å². The SMILES string of the molecule is C=C/C=N\c1c(C)cccc1N. The number of hydrogen-bond acceptors (Lipinski definition) is 2. The molecule has 0 radical (unpaired) electrons. The number of benzene rings is 1. The maximum atomic E-state index is 5.71. The maximum absolute atomic E-state index is 5.71. The fourth-order valence-corrected chi connectivity index (χ4v) is 0.985. The van der Waals surface area contributed by atoms with Gasteiger partial charge in [0.15, 0.2) is 0 Å². The van der Waals surface area contributed by atoms with Crippen molar-refractivity contribution in [2.75, 3.05) is 5.73 Å². The lowest BCUT2D eigenvalue weighted by Crippen LogP contribution is -1.86. The lowest BCUT2D eigenvalue weighted by atomic mass is 10.2. The van der Waals surface area contributed by atoms with E-state index < -0.39 is 0 Å². The van der Waals surface area contributed by atoms with Crippen LogP contribution in [0.15, 0.2) is 35.8 Å². The normalized spacial score (nSPS) is 10.4. The van der Waals surface area contributed by atoms with E-state index in [2.05, 4.69) is 11.6 Å². The van der Waals surface area contributed by atoms with Gasteiger partial charge in [-0.3, -0.25) is 4.99 Å². The fourth-order valence-electron chi connectivity index (χ4n) is 0.985. The standard InChI is InChI=1S/C10H12N2/c1-3-7-12-10-8(2)5-4-6-9(10)11/h3-7H,1,11H2,2H3/b12-7-. The Bertz CT molecular complexity index is 293. The van der Waals surface area contributed by atoms with Gasteiger partial charge in [-0.2, -0.15) is 0 Å². The highest BCUT2D eigenvalue weighted by molar-refractivity contribution is 5.78. The van der Waals surface area contributed by atoms with E-state index >= 15 is 0 Å². The highest BCUT2D eigenvalue weighted by Gasteiger charge is 1.97. The molecule has 0 aromatic heterocycles. The van der Waals surface area contributed by atoms with E-state index in [-0.39, 0.29) is 0 Å². The number of aryl methyl sites for hydroxylation is 1. The zero-order chi connectivity index (χ0) is 8.97. The molecule has 0 unspecified atom stereocenters. The van der Waals surface area contributed by atoms with Gasteiger partial charge in [-0.25, -0.2) is 0 Å². The van der Waals surface area contributed by atoms with Gasteiger partial charge in [0.05, 0.1) is 11.4 Å². The van der Waals surface area contributed by atoms with Gasteiger partial charge in [-0.15, -0.1) is 0 Å². The minimum absolute atomic E-state index is 0.702. The van der Waals surface area contributed by atoms with Crippen LogP contribution >= 0.6 is 0 Å². The largest absolute Gasteiger partial charge is 0.397 e. The molecule has 0 saturated heterocycles. The van der Waals surface area contributed by atoms with Gasteiger partial charge in [-0.1, -0.05) is 24.8 Å². The van der Waals surface area contributed by atoms with E-state index in [9.17, 15) is 0 Å². The highest BCUT2D eigenvalue weighted by Crippen LogP contribution is 2.25. The molecule has 0 spiro atoms. The predicted octanol–water partition coefficient (Wildman–Crippen LogP) is 2.47. The average molecular weight is 160 g/mol. The number of allylic oxidation sites excluding steroid dienone is 1. The van der Waals surface area contributed by atoms with Crippen molar-refractivity contribution < 1.29 is 0 Å². The Hall–Kier alpha value is -1.57. The molecule has 0 aliphatic carbocycles. The van der Waals surface area contributed by atoms with Gasteiger partial charge in [0.1, 0.15) is 0 Å². The van der Waals surface area contributed by atoms with Gasteiger partial charge in [-0.05, 0) is 18.6 Å². The van der Waals surface area contributed by atoms with Crippen LogP contribution in [0.2, 0.25) is 0 Å². The highest BCUT2D eigenvalue weighted by atomic mass is 14.8. The van der Waals surface area contributed by atoms with E-state index in [0.717, 1.165) is 11.3 Å². The van der Waals surface area contributed by atoms with Crippen LogP contribution in [0.1, 0.15) is 5.56 Å². The smallest absolute Gasteiger partial charge is 0.0887 e. The Morgan fingerprint density at radius 1 is 1.50 bits per heavy atom. The summed E-state index contributed by atoms with van der Waals surface area (Å²) in [6, 6.07) is 5.73. The Kier molecular flexibility index (Phi) is 2.64. The third-order valence-electron chi connectivity index (χ3n) is 1.58. The molecule has 0 bridgehead atoms. The molecular weight excluding hydrogens is 148 g/mol. The molecule has 0 aliphatic heterocycles. The lowest BCUT2D eigenvalue weighted by molar-refractivity contribution is 1.41. The minimum Gasteiger partial charge on any atom is -0.397 e. The van der Waals surface area contributed by atoms with E-state index in [4.69, 9.17) is 5.73 Å². The maximum Gasteiger partial charge on any atom is 0.0887 e. The quantitative estimate of drug-likeness (QED) is 0.523. The summed E-state index contributed by atoms with van der Waals surface area (Å²) in [5.41, 5.74) is 8.32. The number of nitrogens with two attached hydrogens (primary N) is 1. The van der Waals surface area contributed by atoms with Crippen molar-refractivity contribution in [3.63, 3.8) is 0 Å². The molecule has 1 rings (SSSR count).